The maximum atomic E-state index is 13.7. The van der Waals surface area contributed by atoms with Crippen molar-refractivity contribution < 1.29 is 4.39 Å². The standard InChI is InChI=1S/C17H28BrFN2/c1-6-20-15(17(4,5)21(7-2)8-3)12-13-10-9-11-14(19)16(13)18/h9-11,15,20H,6-8,12H2,1-5H3. The molecule has 0 heterocycles. The Hall–Kier alpha value is -0.450. The smallest absolute Gasteiger partial charge is 0.137 e. The molecular formula is C17H28BrFN2. The van der Waals surface area contributed by atoms with Crippen molar-refractivity contribution in [3.05, 3.63) is 34.1 Å². The lowest BCUT2D eigenvalue weighted by atomic mass is 9.87. The Kier molecular flexibility index (Phi) is 7.31. The average Bonchev–Trinajstić information content (AvgIpc) is 2.44. The van der Waals surface area contributed by atoms with Crippen LogP contribution in [0.5, 0.6) is 0 Å². The van der Waals surface area contributed by atoms with E-state index in [9.17, 15) is 4.39 Å². The largest absolute Gasteiger partial charge is 0.312 e. The van der Waals surface area contributed by atoms with Gasteiger partial charge in [-0.3, -0.25) is 4.90 Å². The molecule has 1 N–H and O–H groups in total. The number of nitrogens with one attached hydrogen (secondary N) is 1. The molecule has 0 saturated carbocycles. The molecule has 1 unspecified atom stereocenters. The molecule has 4 heteroatoms. The molecule has 0 aliphatic carbocycles. The summed E-state index contributed by atoms with van der Waals surface area (Å²) in [6, 6.07) is 5.53. The monoisotopic (exact) mass is 358 g/mol. The molecule has 0 saturated heterocycles. The fourth-order valence-electron chi connectivity index (χ4n) is 3.00. The Morgan fingerprint density at radius 1 is 1.24 bits per heavy atom. The highest BCUT2D eigenvalue weighted by molar-refractivity contribution is 9.10. The Balaban J connectivity index is 3.04. The molecule has 1 rings (SSSR count). The zero-order valence-corrected chi connectivity index (χ0v) is 15.4. The quantitative estimate of drug-likeness (QED) is 0.747. The Morgan fingerprint density at radius 3 is 2.38 bits per heavy atom. The topological polar surface area (TPSA) is 15.3 Å². The van der Waals surface area contributed by atoms with Crippen molar-refractivity contribution in [1.82, 2.24) is 10.2 Å². The van der Waals surface area contributed by atoms with E-state index in [0.717, 1.165) is 31.6 Å². The van der Waals surface area contributed by atoms with Crippen LogP contribution in [-0.4, -0.2) is 36.1 Å². The van der Waals surface area contributed by atoms with Gasteiger partial charge in [-0.1, -0.05) is 32.9 Å². The predicted octanol–water partition coefficient (Wildman–Crippen LogP) is 4.23. The number of likely N-dealkylation sites (N-methyl/N-ethyl adjacent to an activating group) is 2. The fraction of sp³-hybridized carbons (Fsp3) is 0.647. The molecule has 21 heavy (non-hydrogen) atoms. The molecule has 0 radical (unpaired) electrons. The third kappa shape index (κ3) is 4.51. The van der Waals surface area contributed by atoms with E-state index in [4.69, 9.17) is 0 Å². The van der Waals surface area contributed by atoms with Gasteiger partial charge >= 0.3 is 0 Å². The molecule has 0 amide bonds. The molecule has 0 aliphatic heterocycles. The molecule has 0 bridgehead atoms. The zero-order valence-electron chi connectivity index (χ0n) is 13.8. The molecule has 120 valence electrons. The van der Waals surface area contributed by atoms with E-state index in [2.05, 4.69) is 60.8 Å². The van der Waals surface area contributed by atoms with E-state index in [1.54, 1.807) is 6.07 Å². The third-order valence-corrected chi connectivity index (χ3v) is 5.23. The lowest BCUT2D eigenvalue weighted by Crippen LogP contribution is -2.58. The van der Waals surface area contributed by atoms with Crippen LogP contribution in [0.4, 0.5) is 4.39 Å². The predicted molar refractivity (Wildman–Crippen MR) is 92.3 cm³/mol. The van der Waals surface area contributed by atoms with Crippen LogP contribution in [0.1, 0.15) is 40.2 Å². The van der Waals surface area contributed by atoms with E-state index < -0.39 is 0 Å². The van der Waals surface area contributed by atoms with Gasteiger partial charge < -0.3 is 5.32 Å². The number of nitrogens with zero attached hydrogens (tertiary/aromatic N) is 1. The first-order valence-corrected chi connectivity index (χ1v) is 8.59. The van der Waals surface area contributed by atoms with Crippen LogP contribution < -0.4 is 5.32 Å². The first-order valence-electron chi connectivity index (χ1n) is 7.79. The molecule has 0 spiro atoms. The van der Waals surface area contributed by atoms with Crippen LogP contribution in [0.3, 0.4) is 0 Å². The summed E-state index contributed by atoms with van der Waals surface area (Å²) in [5.74, 6) is -0.191. The van der Waals surface area contributed by atoms with E-state index in [1.807, 2.05) is 6.07 Å². The highest BCUT2D eigenvalue weighted by Crippen LogP contribution is 2.26. The lowest BCUT2D eigenvalue weighted by Gasteiger charge is -2.44. The second kappa shape index (κ2) is 8.25. The molecule has 0 aliphatic rings. The first-order chi connectivity index (χ1) is 9.88. The Bertz CT molecular complexity index is 444. The van der Waals surface area contributed by atoms with Gasteiger partial charge in [0.15, 0.2) is 0 Å². The SMILES string of the molecule is CCNC(Cc1cccc(F)c1Br)C(C)(C)N(CC)CC. The van der Waals surface area contributed by atoms with Gasteiger partial charge in [0.1, 0.15) is 5.82 Å². The van der Waals surface area contributed by atoms with Crippen LogP contribution in [0.15, 0.2) is 22.7 Å². The summed E-state index contributed by atoms with van der Waals surface area (Å²) in [5, 5.41) is 3.58. The number of hydrogen-bond acceptors (Lipinski definition) is 2. The van der Waals surface area contributed by atoms with Crippen LogP contribution in [0.2, 0.25) is 0 Å². The number of hydrogen-bond donors (Lipinski definition) is 1. The van der Waals surface area contributed by atoms with E-state index in [0.29, 0.717) is 4.47 Å². The normalized spacial score (nSPS) is 13.7. The molecule has 0 fully saturated rings. The number of halogens is 2. The van der Waals surface area contributed by atoms with Gasteiger partial charge in [-0.2, -0.15) is 0 Å². The highest BCUT2D eigenvalue weighted by atomic mass is 79.9. The van der Waals surface area contributed by atoms with Crippen molar-refractivity contribution in [2.75, 3.05) is 19.6 Å². The van der Waals surface area contributed by atoms with Crippen LogP contribution in [-0.2, 0) is 6.42 Å². The van der Waals surface area contributed by atoms with Crippen molar-refractivity contribution in [2.24, 2.45) is 0 Å². The summed E-state index contributed by atoms with van der Waals surface area (Å²) in [4.78, 5) is 2.45. The van der Waals surface area contributed by atoms with Gasteiger partial charge in [0.05, 0.1) is 4.47 Å². The third-order valence-electron chi connectivity index (χ3n) is 4.34. The molecular weight excluding hydrogens is 331 g/mol. The summed E-state index contributed by atoms with van der Waals surface area (Å²) in [5.41, 5.74) is 1.02. The maximum absolute atomic E-state index is 13.7. The minimum absolute atomic E-state index is 0.00523. The Labute approximate surface area is 137 Å². The second-order valence-electron chi connectivity index (χ2n) is 5.85. The molecule has 1 aromatic rings. The minimum Gasteiger partial charge on any atom is -0.312 e. The minimum atomic E-state index is -0.191. The molecule has 2 nitrogen and oxygen atoms in total. The van der Waals surface area contributed by atoms with Gasteiger partial charge in [0.2, 0.25) is 0 Å². The summed E-state index contributed by atoms with van der Waals surface area (Å²) in [6.45, 7) is 13.9. The molecule has 0 aromatic heterocycles. The van der Waals surface area contributed by atoms with Gasteiger partial charge in [0.25, 0.3) is 0 Å². The Morgan fingerprint density at radius 2 is 1.86 bits per heavy atom. The van der Waals surface area contributed by atoms with Crippen LogP contribution >= 0.6 is 15.9 Å². The maximum Gasteiger partial charge on any atom is 0.137 e. The average molecular weight is 359 g/mol. The van der Waals surface area contributed by atoms with Gasteiger partial charge in [-0.15, -0.1) is 0 Å². The zero-order chi connectivity index (χ0) is 16.0. The summed E-state index contributed by atoms with van der Waals surface area (Å²) < 4.78 is 14.3. The van der Waals surface area contributed by atoms with Crippen molar-refractivity contribution >= 4 is 15.9 Å². The van der Waals surface area contributed by atoms with E-state index in [-0.39, 0.29) is 17.4 Å². The van der Waals surface area contributed by atoms with Crippen LogP contribution in [0, 0.1) is 5.82 Å². The molecule has 1 atom stereocenters. The van der Waals surface area contributed by atoms with Gasteiger partial charge in [-0.25, -0.2) is 4.39 Å². The van der Waals surface area contributed by atoms with Crippen molar-refractivity contribution in [3.8, 4) is 0 Å². The summed E-state index contributed by atoms with van der Waals surface area (Å²) in [7, 11) is 0. The van der Waals surface area contributed by atoms with Crippen LogP contribution in [0.25, 0.3) is 0 Å². The number of benzene rings is 1. The number of rotatable bonds is 8. The summed E-state index contributed by atoms with van der Waals surface area (Å²) >= 11 is 3.38. The lowest BCUT2D eigenvalue weighted by molar-refractivity contribution is 0.0917. The first kappa shape index (κ1) is 18.6. The van der Waals surface area contributed by atoms with E-state index >= 15 is 0 Å². The van der Waals surface area contributed by atoms with Crippen molar-refractivity contribution in [1.29, 1.82) is 0 Å². The van der Waals surface area contributed by atoms with Crippen molar-refractivity contribution in [2.45, 2.75) is 52.6 Å². The summed E-state index contributed by atoms with van der Waals surface area (Å²) in [6.07, 6.45) is 0.801. The van der Waals surface area contributed by atoms with Gasteiger partial charge in [-0.05, 0) is 67.5 Å². The van der Waals surface area contributed by atoms with Gasteiger partial charge in [0, 0.05) is 11.6 Å². The van der Waals surface area contributed by atoms with Crippen molar-refractivity contribution in [3.63, 3.8) is 0 Å². The van der Waals surface area contributed by atoms with E-state index in [1.165, 1.54) is 6.07 Å². The molecule has 1 aromatic carbocycles. The highest BCUT2D eigenvalue weighted by Gasteiger charge is 2.33. The fourth-order valence-corrected chi connectivity index (χ4v) is 3.43. The second-order valence-corrected chi connectivity index (χ2v) is 6.65.